The third kappa shape index (κ3) is 2.95. The third-order valence-corrected chi connectivity index (χ3v) is 2.70. The van der Waals surface area contributed by atoms with Gasteiger partial charge in [-0.1, -0.05) is 6.07 Å². The topological polar surface area (TPSA) is 122 Å². The number of rotatable bonds is 5. The first-order chi connectivity index (χ1) is 8.38. The second kappa shape index (κ2) is 5.76. The lowest BCUT2D eigenvalue weighted by Gasteiger charge is -2.18. The first kappa shape index (κ1) is 14.4. The van der Waals surface area contributed by atoms with Crippen LogP contribution in [-0.2, 0) is 0 Å². The summed E-state index contributed by atoms with van der Waals surface area (Å²) < 4.78 is 0. The number of aliphatic hydroxyl groups is 2. The van der Waals surface area contributed by atoms with Crippen LogP contribution in [0.1, 0.15) is 17.2 Å². The number of nitrogens with zero attached hydrogens (tertiary/aromatic N) is 1. The van der Waals surface area contributed by atoms with Gasteiger partial charge in [0.1, 0.15) is 11.8 Å². The SMILES string of the molecule is CNCC(O)C(O)c1cc(C)c(N)c([N+](=O)[O-])c1. The van der Waals surface area contributed by atoms with Crippen molar-refractivity contribution >= 4 is 11.4 Å². The van der Waals surface area contributed by atoms with E-state index in [0.29, 0.717) is 5.56 Å². The van der Waals surface area contributed by atoms with Crippen molar-refractivity contribution in [3.8, 4) is 0 Å². The quantitative estimate of drug-likeness (QED) is 0.336. The Bertz CT molecular complexity index is 450. The molecule has 1 aromatic rings. The Hall–Kier alpha value is -1.70. The number of benzene rings is 1. The van der Waals surface area contributed by atoms with Crippen LogP contribution in [0.5, 0.6) is 0 Å². The number of aryl methyl sites for hydroxylation is 1. The van der Waals surface area contributed by atoms with E-state index in [-0.39, 0.29) is 23.5 Å². The predicted molar refractivity (Wildman–Crippen MR) is 67.1 cm³/mol. The van der Waals surface area contributed by atoms with Crippen LogP contribution in [0.25, 0.3) is 0 Å². The van der Waals surface area contributed by atoms with Crippen LogP contribution < -0.4 is 11.1 Å². The number of aliphatic hydroxyl groups excluding tert-OH is 2. The van der Waals surface area contributed by atoms with Gasteiger partial charge in [0.15, 0.2) is 0 Å². The molecule has 0 bridgehead atoms. The molecule has 0 fully saturated rings. The first-order valence-corrected chi connectivity index (χ1v) is 5.43. The molecular formula is C11H17N3O4. The average Bonchev–Trinajstić information content (AvgIpc) is 2.31. The van der Waals surface area contributed by atoms with Gasteiger partial charge in [0.05, 0.1) is 11.0 Å². The van der Waals surface area contributed by atoms with Crippen LogP contribution in [-0.4, -0.2) is 34.8 Å². The molecule has 18 heavy (non-hydrogen) atoms. The summed E-state index contributed by atoms with van der Waals surface area (Å²) in [5, 5.41) is 33.1. The number of nitrogens with two attached hydrogens (primary N) is 1. The van der Waals surface area contributed by atoms with Gasteiger partial charge in [0, 0.05) is 12.6 Å². The molecule has 0 amide bonds. The Morgan fingerprint density at radius 3 is 2.61 bits per heavy atom. The fraction of sp³-hybridized carbons (Fsp3) is 0.455. The summed E-state index contributed by atoms with van der Waals surface area (Å²) in [6.07, 6.45) is -2.24. The summed E-state index contributed by atoms with van der Waals surface area (Å²) >= 11 is 0. The lowest BCUT2D eigenvalue weighted by molar-refractivity contribution is -0.384. The Morgan fingerprint density at radius 2 is 2.11 bits per heavy atom. The van der Waals surface area contributed by atoms with Crippen LogP contribution in [0.15, 0.2) is 12.1 Å². The summed E-state index contributed by atoms with van der Waals surface area (Å²) in [7, 11) is 1.63. The first-order valence-electron chi connectivity index (χ1n) is 5.43. The zero-order chi connectivity index (χ0) is 13.9. The van der Waals surface area contributed by atoms with Crippen molar-refractivity contribution in [1.82, 2.24) is 5.32 Å². The molecule has 0 saturated heterocycles. The zero-order valence-corrected chi connectivity index (χ0v) is 10.3. The minimum Gasteiger partial charge on any atom is -0.393 e. The number of anilines is 1. The number of nitrogens with one attached hydrogen (secondary N) is 1. The number of likely N-dealkylation sites (N-methyl/N-ethyl adjacent to an activating group) is 1. The van der Waals surface area contributed by atoms with Crippen LogP contribution in [0.3, 0.4) is 0 Å². The van der Waals surface area contributed by atoms with Crippen LogP contribution in [0.4, 0.5) is 11.4 Å². The molecule has 0 aromatic heterocycles. The molecular weight excluding hydrogens is 238 g/mol. The maximum absolute atomic E-state index is 10.8. The molecule has 0 aliphatic rings. The highest BCUT2D eigenvalue weighted by Gasteiger charge is 2.22. The van der Waals surface area contributed by atoms with Gasteiger partial charge in [-0.05, 0) is 25.1 Å². The van der Waals surface area contributed by atoms with E-state index in [4.69, 9.17) is 5.73 Å². The third-order valence-electron chi connectivity index (χ3n) is 2.70. The Balaban J connectivity index is 3.14. The maximum atomic E-state index is 10.8. The van der Waals surface area contributed by atoms with Crippen LogP contribution in [0.2, 0.25) is 0 Å². The van der Waals surface area contributed by atoms with E-state index in [1.807, 2.05) is 0 Å². The van der Waals surface area contributed by atoms with Crippen molar-refractivity contribution < 1.29 is 15.1 Å². The zero-order valence-electron chi connectivity index (χ0n) is 10.3. The van der Waals surface area contributed by atoms with Crippen molar-refractivity contribution in [2.45, 2.75) is 19.1 Å². The van der Waals surface area contributed by atoms with Crippen molar-refractivity contribution in [1.29, 1.82) is 0 Å². The summed E-state index contributed by atoms with van der Waals surface area (Å²) in [4.78, 5) is 10.2. The van der Waals surface area contributed by atoms with Crippen molar-refractivity contribution in [2.75, 3.05) is 19.3 Å². The van der Waals surface area contributed by atoms with Gasteiger partial charge in [0.25, 0.3) is 5.69 Å². The molecule has 2 atom stereocenters. The fourth-order valence-electron chi connectivity index (χ4n) is 1.67. The second-order valence-electron chi connectivity index (χ2n) is 4.10. The number of nitro benzene ring substituents is 1. The van der Waals surface area contributed by atoms with E-state index in [9.17, 15) is 20.3 Å². The second-order valence-corrected chi connectivity index (χ2v) is 4.10. The lowest BCUT2D eigenvalue weighted by Crippen LogP contribution is -2.29. The van der Waals surface area contributed by atoms with Gasteiger partial charge >= 0.3 is 0 Å². The monoisotopic (exact) mass is 255 g/mol. The molecule has 1 aromatic carbocycles. The van der Waals surface area contributed by atoms with E-state index in [0.717, 1.165) is 0 Å². The molecule has 0 aliphatic carbocycles. The lowest BCUT2D eigenvalue weighted by atomic mass is 10.00. The summed E-state index contributed by atoms with van der Waals surface area (Å²) in [5.74, 6) is 0. The van der Waals surface area contributed by atoms with Gasteiger partial charge < -0.3 is 21.3 Å². The van der Waals surface area contributed by atoms with E-state index in [2.05, 4.69) is 5.32 Å². The van der Waals surface area contributed by atoms with Crippen LogP contribution in [0, 0.1) is 17.0 Å². The van der Waals surface area contributed by atoms with E-state index < -0.39 is 17.1 Å². The standard InChI is InChI=1S/C11H17N3O4/c1-6-3-7(11(16)9(15)5-13-2)4-8(10(6)12)14(17)18/h3-4,9,11,13,15-16H,5,12H2,1-2H3. The van der Waals surface area contributed by atoms with Gasteiger partial charge in [0.2, 0.25) is 0 Å². The average molecular weight is 255 g/mol. The molecule has 7 nitrogen and oxygen atoms in total. The summed E-state index contributed by atoms with van der Waals surface area (Å²) in [5.41, 5.74) is 6.16. The van der Waals surface area contributed by atoms with E-state index in [1.54, 1.807) is 14.0 Å². The number of hydrogen-bond donors (Lipinski definition) is 4. The number of nitro groups is 1. The Kier molecular flexibility index (Phi) is 4.60. The maximum Gasteiger partial charge on any atom is 0.292 e. The number of nitrogen functional groups attached to an aromatic ring is 1. The molecule has 0 aliphatic heterocycles. The highest BCUT2D eigenvalue weighted by Crippen LogP contribution is 2.30. The molecule has 1 rings (SSSR count). The minimum absolute atomic E-state index is 0.0686. The summed E-state index contributed by atoms with van der Waals surface area (Å²) in [6.45, 7) is 1.79. The van der Waals surface area contributed by atoms with E-state index in [1.165, 1.54) is 12.1 Å². The van der Waals surface area contributed by atoms with Crippen molar-refractivity contribution in [3.05, 3.63) is 33.4 Å². The molecule has 100 valence electrons. The van der Waals surface area contributed by atoms with Gasteiger partial charge in [-0.25, -0.2) is 0 Å². The molecule has 0 heterocycles. The van der Waals surface area contributed by atoms with Gasteiger partial charge in [-0.15, -0.1) is 0 Å². The predicted octanol–water partition coefficient (Wildman–Crippen LogP) is 0.0991. The number of hydrogen-bond acceptors (Lipinski definition) is 6. The largest absolute Gasteiger partial charge is 0.393 e. The molecule has 0 saturated carbocycles. The summed E-state index contributed by atoms with van der Waals surface area (Å²) in [6, 6.07) is 2.72. The Labute approximate surface area is 104 Å². The smallest absolute Gasteiger partial charge is 0.292 e. The Morgan fingerprint density at radius 1 is 1.50 bits per heavy atom. The van der Waals surface area contributed by atoms with Crippen LogP contribution >= 0.6 is 0 Å². The van der Waals surface area contributed by atoms with Crippen molar-refractivity contribution in [2.24, 2.45) is 0 Å². The molecule has 0 spiro atoms. The highest BCUT2D eigenvalue weighted by atomic mass is 16.6. The van der Waals surface area contributed by atoms with Gasteiger partial charge in [-0.2, -0.15) is 0 Å². The molecule has 2 unspecified atom stereocenters. The molecule has 5 N–H and O–H groups in total. The highest BCUT2D eigenvalue weighted by molar-refractivity contribution is 5.64. The van der Waals surface area contributed by atoms with Crippen molar-refractivity contribution in [3.63, 3.8) is 0 Å². The van der Waals surface area contributed by atoms with Gasteiger partial charge in [-0.3, -0.25) is 10.1 Å². The normalized spacial score (nSPS) is 14.2. The molecule has 7 heteroatoms. The fourth-order valence-corrected chi connectivity index (χ4v) is 1.67. The molecule has 0 radical (unpaired) electrons. The minimum atomic E-state index is -1.20. The van der Waals surface area contributed by atoms with E-state index >= 15 is 0 Å².